The van der Waals surface area contributed by atoms with E-state index in [0.717, 1.165) is 5.69 Å². The summed E-state index contributed by atoms with van der Waals surface area (Å²) in [5, 5.41) is 16.9. The number of rotatable bonds is 5. The van der Waals surface area contributed by atoms with Gasteiger partial charge in [-0.1, -0.05) is 23.4 Å². The van der Waals surface area contributed by atoms with Crippen LogP contribution in [0.4, 0.5) is 0 Å². The first-order chi connectivity index (χ1) is 10.1. The third-order valence-corrected chi connectivity index (χ3v) is 3.14. The van der Waals surface area contributed by atoms with Crippen LogP contribution < -0.4 is 5.32 Å². The van der Waals surface area contributed by atoms with Gasteiger partial charge in [-0.15, -0.1) is 0 Å². The van der Waals surface area contributed by atoms with Crippen LogP contribution in [0, 0.1) is 6.92 Å². The number of benzene rings is 1. The van der Waals surface area contributed by atoms with Gasteiger partial charge >= 0.3 is 5.97 Å². The topological polar surface area (TPSA) is 88.5 Å². The van der Waals surface area contributed by atoms with E-state index < -0.39 is 5.97 Å². The van der Waals surface area contributed by atoms with E-state index in [9.17, 15) is 9.90 Å². The van der Waals surface area contributed by atoms with Gasteiger partial charge in [0.25, 0.3) is 0 Å². The average molecular weight is 286 g/mol. The van der Waals surface area contributed by atoms with Crippen molar-refractivity contribution in [3.8, 4) is 0 Å². The molecule has 0 amide bonds. The van der Waals surface area contributed by atoms with Gasteiger partial charge in [0.15, 0.2) is 5.76 Å². The molecular formula is C15H14N2O4. The van der Waals surface area contributed by atoms with Crippen LogP contribution in [0.1, 0.15) is 27.6 Å². The summed E-state index contributed by atoms with van der Waals surface area (Å²) >= 11 is 0. The minimum atomic E-state index is -0.993. The number of nitrogens with zero attached hydrogens (tertiary/aromatic N) is 1. The Morgan fingerprint density at radius 1 is 1.33 bits per heavy atom. The number of aromatic nitrogens is 1. The molecular weight excluding hydrogens is 272 g/mol. The Morgan fingerprint density at radius 3 is 2.86 bits per heavy atom. The number of carbonyl (C=O) groups is 1. The number of aromatic carboxylic acids is 1. The minimum Gasteiger partial charge on any atom is -0.478 e. The standard InChI is InChI=1S/C15H14N2O4/c1-9-6-10(21-17-9)7-16-8-13-14(15(18)19)11-4-2-3-5-12(11)20-13/h2-6,16H,7-8H2,1H3,(H,18,19). The van der Waals surface area contributed by atoms with Crippen LogP contribution in [0.25, 0.3) is 11.0 Å². The Balaban J connectivity index is 1.80. The summed E-state index contributed by atoms with van der Waals surface area (Å²) in [5.74, 6) is 0.104. The van der Waals surface area contributed by atoms with Crippen molar-refractivity contribution in [1.29, 1.82) is 0 Å². The van der Waals surface area contributed by atoms with Crippen LogP contribution in [-0.4, -0.2) is 16.2 Å². The Kier molecular flexibility index (Phi) is 3.45. The first-order valence-electron chi connectivity index (χ1n) is 6.52. The van der Waals surface area contributed by atoms with Gasteiger partial charge < -0.3 is 19.4 Å². The number of carboxylic acid groups (broad SMARTS) is 1. The maximum atomic E-state index is 11.4. The molecule has 0 saturated carbocycles. The second-order valence-electron chi connectivity index (χ2n) is 4.74. The Morgan fingerprint density at radius 2 is 2.14 bits per heavy atom. The van der Waals surface area contributed by atoms with Gasteiger partial charge in [-0.3, -0.25) is 0 Å². The van der Waals surface area contributed by atoms with E-state index in [1.807, 2.05) is 19.1 Å². The Bertz CT molecular complexity index is 788. The second-order valence-corrected chi connectivity index (χ2v) is 4.74. The lowest BCUT2D eigenvalue weighted by atomic mass is 10.1. The van der Waals surface area contributed by atoms with Gasteiger partial charge in [0.1, 0.15) is 16.9 Å². The van der Waals surface area contributed by atoms with Crippen molar-refractivity contribution in [3.05, 3.63) is 53.1 Å². The highest BCUT2D eigenvalue weighted by molar-refractivity contribution is 6.03. The van der Waals surface area contributed by atoms with Crippen molar-refractivity contribution in [2.45, 2.75) is 20.0 Å². The van der Waals surface area contributed by atoms with Crippen LogP contribution >= 0.6 is 0 Å². The average Bonchev–Trinajstić information content (AvgIpc) is 3.02. The SMILES string of the molecule is Cc1cc(CNCc2oc3ccccc3c2C(=O)O)on1. The molecule has 0 aliphatic carbocycles. The normalized spacial score (nSPS) is 11.1. The molecule has 0 fully saturated rings. The van der Waals surface area contributed by atoms with Crippen molar-refractivity contribution in [2.75, 3.05) is 0 Å². The Hall–Kier alpha value is -2.60. The molecule has 3 aromatic rings. The van der Waals surface area contributed by atoms with Gasteiger partial charge in [0.05, 0.1) is 18.8 Å². The molecule has 0 radical (unpaired) electrons. The number of para-hydroxylation sites is 1. The van der Waals surface area contributed by atoms with Crippen molar-refractivity contribution in [1.82, 2.24) is 10.5 Å². The van der Waals surface area contributed by atoms with E-state index in [1.165, 1.54) is 0 Å². The lowest BCUT2D eigenvalue weighted by Gasteiger charge is -2.00. The quantitative estimate of drug-likeness (QED) is 0.749. The van der Waals surface area contributed by atoms with E-state index >= 15 is 0 Å². The fraction of sp³-hybridized carbons (Fsp3) is 0.200. The fourth-order valence-corrected chi connectivity index (χ4v) is 2.25. The molecule has 3 rings (SSSR count). The van der Waals surface area contributed by atoms with E-state index in [4.69, 9.17) is 8.94 Å². The highest BCUT2D eigenvalue weighted by Gasteiger charge is 2.19. The predicted molar refractivity (Wildman–Crippen MR) is 75.0 cm³/mol. The summed E-state index contributed by atoms with van der Waals surface area (Å²) in [6, 6.07) is 8.92. The zero-order valence-electron chi connectivity index (χ0n) is 11.4. The van der Waals surface area contributed by atoms with E-state index in [2.05, 4.69) is 10.5 Å². The van der Waals surface area contributed by atoms with Gasteiger partial charge in [-0.25, -0.2) is 4.79 Å². The zero-order chi connectivity index (χ0) is 14.8. The molecule has 0 atom stereocenters. The predicted octanol–water partition coefficient (Wildman–Crippen LogP) is 2.72. The molecule has 6 heteroatoms. The number of fused-ring (bicyclic) bond motifs is 1. The molecule has 0 unspecified atom stereocenters. The molecule has 0 saturated heterocycles. The molecule has 2 aromatic heterocycles. The molecule has 108 valence electrons. The van der Waals surface area contributed by atoms with E-state index in [-0.39, 0.29) is 5.56 Å². The van der Waals surface area contributed by atoms with Crippen LogP contribution in [0.3, 0.4) is 0 Å². The number of nitrogens with one attached hydrogen (secondary N) is 1. The maximum absolute atomic E-state index is 11.4. The summed E-state index contributed by atoms with van der Waals surface area (Å²) in [7, 11) is 0. The van der Waals surface area contributed by atoms with Crippen molar-refractivity contribution < 1.29 is 18.8 Å². The monoisotopic (exact) mass is 286 g/mol. The number of aryl methyl sites for hydroxylation is 1. The van der Waals surface area contributed by atoms with Crippen LogP contribution in [-0.2, 0) is 13.1 Å². The van der Waals surface area contributed by atoms with Gasteiger partial charge in [0, 0.05) is 11.5 Å². The summed E-state index contributed by atoms with van der Waals surface area (Å²) < 4.78 is 10.7. The lowest BCUT2D eigenvalue weighted by molar-refractivity contribution is 0.0696. The molecule has 1 aromatic carbocycles. The first-order valence-corrected chi connectivity index (χ1v) is 6.52. The van der Waals surface area contributed by atoms with Crippen molar-refractivity contribution in [2.24, 2.45) is 0 Å². The molecule has 0 spiro atoms. The number of hydrogen-bond donors (Lipinski definition) is 2. The Labute approximate surface area is 120 Å². The number of furan rings is 1. The highest BCUT2D eigenvalue weighted by atomic mass is 16.5. The molecule has 0 bridgehead atoms. The second kappa shape index (κ2) is 5.41. The van der Waals surface area contributed by atoms with E-state index in [1.54, 1.807) is 18.2 Å². The molecule has 2 heterocycles. The number of carboxylic acids is 1. The maximum Gasteiger partial charge on any atom is 0.339 e. The third-order valence-electron chi connectivity index (χ3n) is 3.14. The number of hydrogen-bond acceptors (Lipinski definition) is 5. The summed E-state index contributed by atoms with van der Waals surface area (Å²) in [6.07, 6.45) is 0. The zero-order valence-corrected chi connectivity index (χ0v) is 11.4. The summed E-state index contributed by atoms with van der Waals surface area (Å²) in [6.45, 7) is 2.60. The third kappa shape index (κ3) is 2.66. The van der Waals surface area contributed by atoms with Gasteiger partial charge in [-0.05, 0) is 13.0 Å². The van der Waals surface area contributed by atoms with Crippen LogP contribution in [0.5, 0.6) is 0 Å². The molecule has 0 aliphatic heterocycles. The molecule has 0 aliphatic rings. The molecule has 21 heavy (non-hydrogen) atoms. The lowest BCUT2D eigenvalue weighted by Crippen LogP contribution is -2.14. The van der Waals surface area contributed by atoms with Gasteiger partial charge in [0.2, 0.25) is 0 Å². The molecule has 6 nitrogen and oxygen atoms in total. The van der Waals surface area contributed by atoms with Crippen molar-refractivity contribution in [3.63, 3.8) is 0 Å². The summed E-state index contributed by atoms with van der Waals surface area (Å²) in [4.78, 5) is 11.4. The van der Waals surface area contributed by atoms with Crippen molar-refractivity contribution >= 4 is 16.9 Å². The largest absolute Gasteiger partial charge is 0.478 e. The minimum absolute atomic E-state index is 0.201. The van der Waals surface area contributed by atoms with Crippen LogP contribution in [0.2, 0.25) is 0 Å². The smallest absolute Gasteiger partial charge is 0.339 e. The van der Waals surface area contributed by atoms with Crippen LogP contribution in [0.15, 0.2) is 39.3 Å². The fourth-order valence-electron chi connectivity index (χ4n) is 2.25. The summed E-state index contributed by atoms with van der Waals surface area (Å²) in [5.41, 5.74) is 1.58. The van der Waals surface area contributed by atoms with E-state index in [0.29, 0.717) is 35.6 Å². The molecule has 2 N–H and O–H groups in total. The first kappa shape index (κ1) is 13.4. The highest BCUT2D eigenvalue weighted by Crippen LogP contribution is 2.25. The van der Waals surface area contributed by atoms with Gasteiger partial charge in [-0.2, -0.15) is 0 Å².